The minimum absolute atomic E-state index is 0.238. The maximum absolute atomic E-state index is 10.4. The van der Waals surface area contributed by atoms with Crippen molar-refractivity contribution in [3.8, 4) is 0 Å². The minimum Gasteiger partial charge on any atom is -0.392 e. The lowest BCUT2D eigenvalue weighted by molar-refractivity contribution is 0.0735. The van der Waals surface area contributed by atoms with E-state index < -0.39 is 0 Å². The predicted octanol–water partition coefficient (Wildman–Crippen LogP) is 4.77. The Labute approximate surface area is 122 Å². The van der Waals surface area contributed by atoms with Crippen molar-refractivity contribution in [2.75, 3.05) is 0 Å². The molecule has 0 bridgehead atoms. The van der Waals surface area contributed by atoms with Gasteiger partial charge >= 0.3 is 0 Å². The monoisotopic (exact) mass is 280 g/mol. The molecule has 0 spiro atoms. The molecule has 0 radical (unpaired) electrons. The summed E-state index contributed by atoms with van der Waals surface area (Å²) < 4.78 is 0. The number of aliphatic hydroxyl groups is 1. The highest BCUT2D eigenvalue weighted by atomic mass is 35.5. The average molecular weight is 281 g/mol. The highest BCUT2D eigenvalue weighted by molar-refractivity contribution is 6.31. The molecule has 0 amide bonds. The lowest BCUT2D eigenvalue weighted by Gasteiger charge is -2.31. The van der Waals surface area contributed by atoms with Crippen LogP contribution in [0.1, 0.15) is 50.2 Å². The molecule has 1 nitrogen and oxygen atoms in total. The van der Waals surface area contributed by atoms with Gasteiger partial charge < -0.3 is 5.11 Å². The maximum Gasteiger partial charge on any atom is 0.0609 e. The summed E-state index contributed by atoms with van der Waals surface area (Å²) in [6.07, 6.45) is 6.64. The second-order valence-corrected chi connectivity index (χ2v) is 6.46. The Bertz CT molecular complexity index is 408. The van der Waals surface area contributed by atoms with Gasteiger partial charge in [0.05, 0.1) is 6.10 Å². The Hall–Kier alpha value is -0.530. The number of aliphatic hydroxyl groups excluding tert-OH is 1. The first-order valence-electron chi connectivity index (χ1n) is 7.53. The van der Waals surface area contributed by atoms with Crippen LogP contribution >= 0.6 is 11.6 Å². The molecule has 0 saturated heterocycles. The maximum atomic E-state index is 10.4. The average Bonchev–Trinajstić information content (AvgIpc) is 2.42. The van der Waals surface area contributed by atoms with Crippen molar-refractivity contribution < 1.29 is 5.11 Å². The van der Waals surface area contributed by atoms with Gasteiger partial charge in [0.15, 0.2) is 0 Å². The van der Waals surface area contributed by atoms with Crippen LogP contribution in [-0.4, -0.2) is 11.2 Å². The highest BCUT2D eigenvalue weighted by Gasteiger charge is 2.26. The summed E-state index contributed by atoms with van der Waals surface area (Å²) in [5, 5.41) is 11.2. The van der Waals surface area contributed by atoms with Gasteiger partial charge in [0.2, 0.25) is 0 Å². The normalized spacial score (nSPS) is 25.3. The van der Waals surface area contributed by atoms with E-state index in [0.29, 0.717) is 12.3 Å². The molecule has 0 heterocycles. The van der Waals surface area contributed by atoms with Crippen molar-refractivity contribution in [3.05, 3.63) is 34.3 Å². The molecule has 1 fully saturated rings. The third kappa shape index (κ3) is 3.97. The molecule has 2 heteroatoms. The van der Waals surface area contributed by atoms with E-state index >= 15 is 0 Å². The summed E-state index contributed by atoms with van der Waals surface area (Å²) >= 11 is 6.25. The van der Waals surface area contributed by atoms with Crippen LogP contribution in [0.5, 0.6) is 0 Å². The molecule has 1 aliphatic carbocycles. The number of halogens is 1. The fourth-order valence-corrected chi connectivity index (χ4v) is 3.50. The summed E-state index contributed by atoms with van der Waals surface area (Å²) in [5.41, 5.74) is 2.25. The molecule has 1 aromatic rings. The molecule has 2 rings (SSSR count). The molecule has 1 atom stereocenters. The van der Waals surface area contributed by atoms with Crippen molar-refractivity contribution in [3.63, 3.8) is 0 Å². The first kappa shape index (κ1) is 14.9. The van der Waals surface area contributed by atoms with Crippen LogP contribution in [0.25, 0.3) is 0 Å². The van der Waals surface area contributed by atoms with E-state index in [1.807, 2.05) is 13.0 Å². The van der Waals surface area contributed by atoms with Crippen molar-refractivity contribution in [2.24, 2.45) is 11.8 Å². The third-order valence-electron chi connectivity index (χ3n) is 4.65. The highest BCUT2D eigenvalue weighted by Crippen LogP contribution is 2.34. The second-order valence-electron chi connectivity index (χ2n) is 6.06. The molecule has 1 unspecified atom stereocenters. The first-order chi connectivity index (χ1) is 9.10. The Balaban J connectivity index is 1.92. The van der Waals surface area contributed by atoms with E-state index in [0.717, 1.165) is 16.5 Å². The number of hydrogen-bond donors (Lipinski definition) is 1. The summed E-state index contributed by atoms with van der Waals surface area (Å²) in [7, 11) is 0. The van der Waals surface area contributed by atoms with E-state index in [1.54, 1.807) is 0 Å². The van der Waals surface area contributed by atoms with E-state index in [2.05, 4.69) is 19.1 Å². The van der Waals surface area contributed by atoms with Crippen LogP contribution in [-0.2, 0) is 6.42 Å². The number of aryl methyl sites for hydroxylation is 1. The second kappa shape index (κ2) is 6.76. The summed E-state index contributed by atoms with van der Waals surface area (Å²) in [5.74, 6) is 1.34. The third-order valence-corrected chi connectivity index (χ3v) is 5.00. The van der Waals surface area contributed by atoms with E-state index in [-0.39, 0.29) is 6.10 Å². The molecule has 1 N–H and O–H groups in total. The molecule has 1 aromatic carbocycles. The predicted molar refractivity (Wildman–Crippen MR) is 81.6 cm³/mol. The quantitative estimate of drug-likeness (QED) is 0.842. The zero-order valence-electron chi connectivity index (χ0n) is 12.0. The molecular formula is C17H25ClO. The van der Waals surface area contributed by atoms with E-state index in [9.17, 15) is 5.11 Å². The summed E-state index contributed by atoms with van der Waals surface area (Å²) in [6.45, 7) is 4.31. The zero-order valence-corrected chi connectivity index (χ0v) is 12.8. The summed E-state index contributed by atoms with van der Waals surface area (Å²) in [6, 6.07) is 6.11. The molecular weight excluding hydrogens is 256 g/mol. The van der Waals surface area contributed by atoms with Gasteiger partial charge in [0, 0.05) is 11.4 Å². The van der Waals surface area contributed by atoms with Gasteiger partial charge in [-0.25, -0.2) is 0 Å². The molecule has 1 aliphatic rings. The first-order valence-corrected chi connectivity index (χ1v) is 7.91. The van der Waals surface area contributed by atoms with Crippen LogP contribution in [0.15, 0.2) is 18.2 Å². The van der Waals surface area contributed by atoms with Crippen LogP contribution in [0, 0.1) is 18.8 Å². The van der Waals surface area contributed by atoms with Gasteiger partial charge in [0.1, 0.15) is 0 Å². The largest absolute Gasteiger partial charge is 0.392 e. The van der Waals surface area contributed by atoms with Crippen molar-refractivity contribution in [2.45, 2.75) is 58.5 Å². The Kier molecular flexibility index (Phi) is 5.29. The van der Waals surface area contributed by atoms with Gasteiger partial charge in [-0.15, -0.1) is 0 Å². The van der Waals surface area contributed by atoms with Crippen LogP contribution in [0.2, 0.25) is 5.02 Å². The molecule has 19 heavy (non-hydrogen) atoms. The van der Waals surface area contributed by atoms with Gasteiger partial charge in [-0.1, -0.05) is 49.9 Å². The van der Waals surface area contributed by atoms with E-state index in [4.69, 9.17) is 11.6 Å². The van der Waals surface area contributed by atoms with Crippen molar-refractivity contribution in [1.82, 2.24) is 0 Å². The SMILES string of the molecule is CCC1CCC(C(O)Cc2ccc(C)cc2Cl)CC1. The number of hydrogen-bond acceptors (Lipinski definition) is 1. The van der Waals surface area contributed by atoms with Gasteiger partial charge in [-0.05, 0) is 48.8 Å². The lowest BCUT2D eigenvalue weighted by atomic mass is 9.77. The Morgan fingerprint density at radius 1 is 1.26 bits per heavy atom. The van der Waals surface area contributed by atoms with Gasteiger partial charge in [-0.2, -0.15) is 0 Å². The van der Waals surface area contributed by atoms with Gasteiger partial charge in [-0.3, -0.25) is 0 Å². The molecule has 1 saturated carbocycles. The Morgan fingerprint density at radius 3 is 2.53 bits per heavy atom. The van der Waals surface area contributed by atoms with E-state index in [1.165, 1.54) is 37.7 Å². The van der Waals surface area contributed by atoms with Crippen LogP contribution < -0.4 is 0 Å². The smallest absolute Gasteiger partial charge is 0.0609 e. The molecule has 106 valence electrons. The van der Waals surface area contributed by atoms with Crippen molar-refractivity contribution in [1.29, 1.82) is 0 Å². The fraction of sp³-hybridized carbons (Fsp3) is 0.647. The fourth-order valence-electron chi connectivity index (χ4n) is 3.19. The standard InChI is InChI=1S/C17H25ClO/c1-3-13-5-8-14(9-6-13)17(19)11-15-7-4-12(2)10-16(15)18/h4,7,10,13-14,17,19H,3,5-6,8-9,11H2,1-2H3. The summed E-state index contributed by atoms with van der Waals surface area (Å²) in [4.78, 5) is 0. The lowest BCUT2D eigenvalue weighted by Crippen LogP contribution is -2.27. The molecule has 0 aromatic heterocycles. The Morgan fingerprint density at radius 2 is 1.95 bits per heavy atom. The van der Waals surface area contributed by atoms with Crippen molar-refractivity contribution >= 4 is 11.6 Å². The van der Waals surface area contributed by atoms with Gasteiger partial charge in [0.25, 0.3) is 0 Å². The topological polar surface area (TPSA) is 20.2 Å². The zero-order chi connectivity index (χ0) is 13.8. The van der Waals surface area contributed by atoms with Crippen LogP contribution in [0.4, 0.5) is 0 Å². The minimum atomic E-state index is -0.238. The number of rotatable bonds is 4. The van der Waals surface area contributed by atoms with Crippen LogP contribution in [0.3, 0.4) is 0 Å². The number of benzene rings is 1. The molecule has 0 aliphatic heterocycles.